The van der Waals surface area contributed by atoms with Crippen molar-refractivity contribution in [3.05, 3.63) is 53.7 Å². The Balaban J connectivity index is 1.73. The molecule has 1 fully saturated rings. The van der Waals surface area contributed by atoms with Crippen LogP contribution in [0.4, 0.5) is 0 Å². The van der Waals surface area contributed by atoms with Gasteiger partial charge in [0.25, 0.3) is 0 Å². The van der Waals surface area contributed by atoms with Crippen LogP contribution in [0.25, 0.3) is 0 Å². The minimum Gasteiger partial charge on any atom is -0.462 e. The number of furan rings is 1. The van der Waals surface area contributed by atoms with Gasteiger partial charge in [-0.05, 0) is 43.1 Å². The molecule has 0 bridgehead atoms. The van der Waals surface area contributed by atoms with E-state index in [1.165, 1.54) is 18.4 Å². The molecule has 1 aliphatic rings. The molecule has 0 saturated carbocycles. The van der Waals surface area contributed by atoms with Crippen LogP contribution < -0.4 is 0 Å². The Labute approximate surface area is 112 Å². The van der Waals surface area contributed by atoms with Gasteiger partial charge in [0.2, 0.25) is 0 Å². The second kappa shape index (κ2) is 5.55. The number of hydrogen-bond acceptors (Lipinski definition) is 4. The molecule has 100 valence electrons. The summed E-state index contributed by atoms with van der Waals surface area (Å²) in [4.78, 5) is 6.62. The van der Waals surface area contributed by atoms with Crippen molar-refractivity contribution < 1.29 is 9.52 Å². The van der Waals surface area contributed by atoms with Gasteiger partial charge in [-0.25, -0.2) is 0 Å². The third-order valence-electron chi connectivity index (χ3n) is 3.66. The lowest BCUT2D eigenvalue weighted by Crippen LogP contribution is -2.22. The van der Waals surface area contributed by atoms with Crippen LogP contribution in [0.2, 0.25) is 0 Å². The van der Waals surface area contributed by atoms with Gasteiger partial charge < -0.3 is 9.52 Å². The quantitative estimate of drug-likeness (QED) is 0.915. The molecule has 4 heteroatoms. The van der Waals surface area contributed by atoms with Crippen LogP contribution in [0.1, 0.15) is 36.0 Å². The van der Waals surface area contributed by atoms with Gasteiger partial charge in [-0.1, -0.05) is 6.07 Å². The first-order valence-corrected chi connectivity index (χ1v) is 6.69. The lowest BCUT2D eigenvalue weighted by Gasteiger charge is -2.23. The van der Waals surface area contributed by atoms with Crippen molar-refractivity contribution >= 4 is 0 Å². The number of pyridine rings is 1. The average molecular weight is 258 g/mol. The number of rotatable bonds is 4. The molecular formula is C15H18N2O2. The minimum atomic E-state index is -0.0357. The lowest BCUT2D eigenvalue weighted by molar-refractivity contribution is 0.209. The van der Waals surface area contributed by atoms with Crippen LogP contribution in [0.5, 0.6) is 0 Å². The molecule has 0 aromatic carbocycles. The van der Waals surface area contributed by atoms with Gasteiger partial charge in [0.15, 0.2) is 0 Å². The second-order valence-corrected chi connectivity index (χ2v) is 4.94. The topological polar surface area (TPSA) is 49.5 Å². The highest BCUT2D eigenvalue weighted by Gasteiger charge is 2.26. The Bertz CT molecular complexity index is 524. The van der Waals surface area contributed by atoms with Crippen molar-refractivity contribution in [2.75, 3.05) is 6.54 Å². The summed E-state index contributed by atoms with van der Waals surface area (Å²) in [7, 11) is 0. The van der Waals surface area contributed by atoms with Crippen LogP contribution in [-0.4, -0.2) is 21.5 Å². The fourth-order valence-corrected chi connectivity index (χ4v) is 2.76. The van der Waals surface area contributed by atoms with Crippen molar-refractivity contribution in [2.45, 2.75) is 32.0 Å². The van der Waals surface area contributed by atoms with Crippen LogP contribution in [-0.2, 0) is 13.2 Å². The van der Waals surface area contributed by atoms with Gasteiger partial charge in [0, 0.05) is 18.4 Å². The Kier molecular flexibility index (Phi) is 3.62. The average Bonchev–Trinajstić information content (AvgIpc) is 3.09. The third-order valence-corrected chi connectivity index (χ3v) is 3.66. The highest BCUT2D eigenvalue weighted by atomic mass is 16.4. The smallest absolute Gasteiger partial charge is 0.129 e. The summed E-state index contributed by atoms with van der Waals surface area (Å²) in [6.45, 7) is 1.83. The monoisotopic (exact) mass is 258 g/mol. The molecule has 3 rings (SSSR count). The van der Waals surface area contributed by atoms with Crippen molar-refractivity contribution in [2.24, 2.45) is 0 Å². The van der Waals surface area contributed by atoms with E-state index in [-0.39, 0.29) is 6.61 Å². The Morgan fingerprint density at radius 1 is 1.32 bits per heavy atom. The molecule has 1 saturated heterocycles. The van der Waals surface area contributed by atoms with E-state index in [9.17, 15) is 0 Å². The molecule has 2 aromatic heterocycles. The first-order chi connectivity index (χ1) is 9.36. The van der Waals surface area contributed by atoms with Crippen LogP contribution >= 0.6 is 0 Å². The summed E-state index contributed by atoms with van der Waals surface area (Å²) in [6.07, 6.45) is 6.12. The van der Waals surface area contributed by atoms with Gasteiger partial charge in [0.05, 0.1) is 6.54 Å². The number of hydrogen-bond donors (Lipinski definition) is 1. The zero-order valence-corrected chi connectivity index (χ0v) is 10.8. The van der Waals surface area contributed by atoms with E-state index >= 15 is 0 Å². The molecule has 1 aliphatic heterocycles. The molecule has 19 heavy (non-hydrogen) atoms. The minimum absolute atomic E-state index is 0.0357. The molecule has 4 nitrogen and oxygen atoms in total. The molecule has 0 spiro atoms. The number of aromatic nitrogens is 1. The van der Waals surface area contributed by atoms with Gasteiger partial charge >= 0.3 is 0 Å². The third kappa shape index (κ3) is 2.69. The molecule has 0 aliphatic carbocycles. The van der Waals surface area contributed by atoms with Crippen molar-refractivity contribution in [3.63, 3.8) is 0 Å². The number of likely N-dealkylation sites (tertiary alicyclic amines) is 1. The standard InChI is InChI=1S/C15H18N2O2/c18-11-14-6-5-13(19-14)10-17-8-2-4-15(17)12-3-1-7-16-9-12/h1,3,5-7,9,15,18H,2,4,8,10-11H2. The fourth-order valence-electron chi connectivity index (χ4n) is 2.76. The normalized spacial score (nSPS) is 19.9. The maximum Gasteiger partial charge on any atom is 0.129 e. The van der Waals surface area contributed by atoms with Gasteiger partial charge in [0.1, 0.15) is 18.1 Å². The van der Waals surface area contributed by atoms with E-state index in [1.807, 2.05) is 30.6 Å². The summed E-state index contributed by atoms with van der Waals surface area (Å²) in [5.74, 6) is 1.55. The van der Waals surface area contributed by atoms with Gasteiger partial charge in [-0.2, -0.15) is 0 Å². The summed E-state index contributed by atoms with van der Waals surface area (Å²) < 4.78 is 5.57. The van der Waals surface area contributed by atoms with E-state index in [4.69, 9.17) is 9.52 Å². The Hall–Kier alpha value is -1.65. The number of aliphatic hydroxyl groups excluding tert-OH is 1. The van der Waals surface area contributed by atoms with E-state index < -0.39 is 0 Å². The zero-order chi connectivity index (χ0) is 13.1. The molecule has 1 atom stereocenters. The lowest BCUT2D eigenvalue weighted by atomic mass is 10.1. The predicted octanol–water partition coefficient (Wildman–Crippen LogP) is 2.50. The molecule has 0 radical (unpaired) electrons. The summed E-state index contributed by atoms with van der Waals surface area (Å²) in [5, 5.41) is 9.03. The highest BCUT2D eigenvalue weighted by molar-refractivity contribution is 5.16. The Morgan fingerprint density at radius 2 is 2.21 bits per heavy atom. The van der Waals surface area contributed by atoms with Crippen molar-refractivity contribution in [3.8, 4) is 0 Å². The molecule has 2 aromatic rings. The van der Waals surface area contributed by atoms with E-state index in [2.05, 4.69) is 16.0 Å². The van der Waals surface area contributed by atoms with E-state index in [0.29, 0.717) is 11.8 Å². The molecule has 0 amide bonds. The van der Waals surface area contributed by atoms with Gasteiger partial charge in [-0.15, -0.1) is 0 Å². The first kappa shape index (κ1) is 12.4. The van der Waals surface area contributed by atoms with Gasteiger partial charge in [-0.3, -0.25) is 9.88 Å². The van der Waals surface area contributed by atoms with E-state index in [0.717, 1.165) is 18.8 Å². The van der Waals surface area contributed by atoms with Crippen LogP contribution in [0.15, 0.2) is 41.1 Å². The summed E-state index contributed by atoms with van der Waals surface area (Å²) in [5.41, 5.74) is 1.27. The first-order valence-electron chi connectivity index (χ1n) is 6.69. The Morgan fingerprint density at radius 3 is 2.95 bits per heavy atom. The molecule has 3 heterocycles. The maximum absolute atomic E-state index is 9.03. The highest BCUT2D eigenvalue weighted by Crippen LogP contribution is 2.32. The largest absolute Gasteiger partial charge is 0.462 e. The summed E-state index contributed by atoms with van der Waals surface area (Å²) in [6, 6.07) is 8.34. The fraction of sp³-hybridized carbons (Fsp3) is 0.400. The SMILES string of the molecule is OCc1ccc(CN2CCCC2c2cccnc2)o1. The zero-order valence-electron chi connectivity index (χ0n) is 10.8. The number of nitrogens with zero attached hydrogens (tertiary/aromatic N) is 2. The molecule has 1 N–H and O–H groups in total. The van der Waals surface area contributed by atoms with E-state index in [1.54, 1.807) is 0 Å². The predicted molar refractivity (Wildman–Crippen MR) is 71.3 cm³/mol. The maximum atomic E-state index is 9.03. The van der Waals surface area contributed by atoms with Crippen LogP contribution in [0.3, 0.4) is 0 Å². The number of aliphatic hydroxyl groups is 1. The van der Waals surface area contributed by atoms with Crippen molar-refractivity contribution in [1.82, 2.24) is 9.88 Å². The molecule has 1 unspecified atom stereocenters. The van der Waals surface area contributed by atoms with Crippen molar-refractivity contribution in [1.29, 1.82) is 0 Å². The van der Waals surface area contributed by atoms with Crippen LogP contribution in [0, 0.1) is 0 Å². The molecular weight excluding hydrogens is 240 g/mol. The summed E-state index contributed by atoms with van der Waals surface area (Å²) >= 11 is 0. The second-order valence-electron chi connectivity index (χ2n) is 4.94.